The number of carbonyl (C=O) groups excluding carboxylic acids is 1. The second-order valence-corrected chi connectivity index (χ2v) is 9.25. The first kappa shape index (κ1) is 21.2. The van der Waals surface area contributed by atoms with Crippen LogP contribution < -0.4 is 4.90 Å². The number of methoxy groups -OCH3 is 1. The van der Waals surface area contributed by atoms with E-state index >= 15 is 0 Å². The minimum atomic E-state index is -0.315. The van der Waals surface area contributed by atoms with E-state index in [4.69, 9.17) is 9.26 Å². The van der Waals surface area contributed by atoms with Gasteiger partial charge >= 0.3 is 0 Å². The second-order valence-electron chi connectivity index (χ2n) is 9.25. The van der Waals surface area contributed by atoms with Crippen LogP contribution in [-0.2, 0) is 16.8 Å². The van der Waals surface area contributed by atoms with Crippen LogP contribution in [0.4, 0.5) is 5.69 Å². The van der Waals surface area contributed by atoms with E-state index in [1.54, 1.807) is 13.4 Å². The number of H-pyrrole nitrogens is 1. The largest absolute Gasteiger partial charge is 0.380 e. The van der Waals surface area contributed by atoms with Gasteiger partial charge in [-0.1, -0.05) is 62.3 Å². The molecule has 2 aromatic heterocycles. The van der Waals surface area contributed by atoms with Gasteiger partial charge in [-0.2, -0.15) is 5.10 Å². The van der Waals surface area contributed by atoms with Crippen LogP contribution in [-0.4, -0.2) is 28.4 Å². The zero-order chi connectivity index (χ0) is 23.2. The van der Waals surface area contributed by atoms with E-state index in [2.05, 4.69) is 42.2 Å². The Balaban J connectivity index is 1.67. The van der Waals surface area contributed by atoms with E-state index in [9.17, 15) is 4.79 Å². The number of benzene rings is 2. The molecule has 0 radical (unpaired) electrons. The van der Waals surface area contributed by atoms with E-state index in [1.165, 1.54) is 0 Å². The zero-order valence-electron chi connectivity index (χ0n) is 19.1. The Morgan fingerprint density at radius 1 is 1.09 bits per heavy atom. The number of nitrogens with one attached hydrogen (secondary N) is 1. The van der Waals surface area contributed by atoms with Gasteiger partial charge in [0.1, 0.15) is 17.7 Å². The number of nitrogens with zero attached hydrogens (tertiary/aromatic N) is 3. The Morgan fingerprint density at radius 2 is 1.85 bits per heavy atom. The van der Waals surface area contributed by atoms with Gasteiger partial charge in [0.25, 0.3) is 5.91 Å². The first-order valence-corrected chi connectivity index (χ1v) is 10.9. The van der Waals surface area contributed by atoms with Crippen molar-refractivity contribution in [2.24, 2.45) is 0 Å². The lowest BCUT2D eigenvalue weighted by Crippen LogP contribution is -2.31. The average molecular weight is 443 g/mol. The SMILES string of the molecule is COCc1ccccc1C1c2c(C(C)(C)C)n[nH]c2C(=O)N1c1ccc(-c2ccon2)cc1. The standard InChI is InChI=1S/C26H26N4O3/c1-26(2,3)24-21-22(27-28-24)25(31)30(23(21)19-8-6-5-7-17(19)15-32-4)18-11-9-16(10-12-18)20-13-14-33-29-20/h5-14,23H,15H2,1-4H3,(H,27,28). The number of aromatic nitrogens is 3. The van der Waals surface area contributed by atoms with Crippen molar-refractivity contribution < 1.29 is 14.1 Å². The van der Waals surface area contributed by atoms with Crippen molar-refractivity contribution in [2.45, 2.75) is 38.8 Å². The smallest absolute Gasteiger partial charge is 0.277 e. The quantitative estimate of drug-likeness (QED) is 0.456. The number of aromatic amines is 1. The number of hydrogen-bond acceptors (Lipinski definition) is 5. The monoisotopic (exact) mass is 442 g/mol. The van der Waals surface area contributed by atoms with Crippen LogP contribution in [0.25, 0.3) is 11.3 Å². The van der Waals surface area contributed by atoms with Crippen molar-refractivity contribution in [2.75, 3.05) is 12.0 Å². The lowest BCUT2D eigenvalue weighted by Gasteiger charge is -2.29. The molecule has 33 heavy (non-hydrogen) atoms. The van der Waals surface area contributed by atoms with Gasteiger partial charge < -0.3 is 9.26 Å². The second kappa shape index (κ2) is 8.01. The minimum absolute atomic E-state index is 0.0978. The molecule has 2 aromatic carbocycles. The van der Waals surface area contributed by atoms with E-state index in [1.807, 2.05) is 53.4 Å². The fourth-order valence-corrected chi connectivity index (χ4v) is 4.52. The number of amides is 1. The fourth-order valence-electron chi connectivity index (χ4n) is 4.52. The lowest BCUT2D eigenvalue weighted by atomic mass is 9.85. The number of rotatable bonds is 5. The summed E-state index contributed by atoms with van der Waals surface area (Å²) in [5.41, 5.74) is 6.67. The van der Waals surface area contributed by atoms with Gasteiger partial charge in [-0.3, -0.25) is 14.8 Å². The number of anilines is 1. The van der Waals surface area contributed by atoms with Crippen LogP contribution >= 0.6 is 0 Å². The molecule has 3 heterocycles. The highest BCUT2D eigenvalue weighted by Gasteiger charge is 2.45. The maximum absolute atomic E-state index is 13.7. The molecule has 0 saturated carbocycles. The number of ether oxygens (including phenoxy) is 1. The van der Waals surface area contributed by atoms with E-state index in [0.717, 1.165) is 39.3 Å². The van der Waals surface area contributed by atoms with Crippen LogP contribution in [0.3, 0.4) is 0 Å². The predicted molar refractivity (Wildman–Crippen MR) is 125 cm³/mol. The Morgan fingerprint density at radius 3 is 2.52 bits per heavy atom. The van der Waals surface area contributed by atoms with E-state index in [0.29, 0.717) is 12.3 Å². The molecule has 1 aliphatic rings. The van der Waals surface area contributed by atoms with Gasteiger partial charge in [0.05, 0.1) is 18.3 Å². The molecule has 7 heteroatoms. The Labute approximate surface area is 192 Å². The van der Waals surface area contributed by atoms with Crippen LogP contribution in [0.5, 0.6) is 0 Å². The summed E-state index contributed by atoms with van der Waals surface area (Å²) in [7, 11) is 1.68. The highest BCUT2D eigenvalue weighted by Crippen LogP contribution is 2.46. The summed E-state index contributed by atoms with van der Waals surface area (Å²) < 4.78 is 10.4. The van der Waals surface area contributed by atoms with Gasteiger partial charge in [0, 0.05) is 35.4 Å². The van der Waals surface area contributed by atoms with Gasteiger partial charge in [-0.25, -0.2) is 0 Å². The molecule has 5 rings (SSSR count). The number of fused-ring (bicyclic) bond motifs is 1. The maximum Gasteiger partial charge on any atom is 0.277 e. The predicted octanol–water partition coefficient (Wildman–Crippen LogP) is 5.26. The molecule has 0 spiro atoms. The van der Waals surface area contributed by atoms with Gasteiger partial charge in [-0.15, -0.1) is 0 Å². The van der Waals surface area contributed by atoms with E-state index < -0.39 is 0 Å². The van der Waals surface area contributed by atoms with Crippen molar-refractivity contribution >= 4 is 11.6 Å². The summed E-state index contributed by atoms with van der Waals surface area (Å²) in [5, 5.41) is 11.6. The van der Waals surface area contributed by atoms with Crippen LogP contribution in [0, 0.1) is 0 Å². The maximum atomic E-state index is 13.7. The first-order valence-electron chi connectivity index (χ1n) is 10.9. The summed E-state index contributed by atoms with van der Waals surface area (Å²) in [6.07, 6.45) is 1.55. The van der Waals surface area contributed by atoms with Crippen molar-refractivity contribution in [1.29, 1.82) is 0 Å². The first-order chi connectivity index (χ1) is 15.9. The van der Waals surface area contributed by atoms with Crippen LogP contribution in [0.1, 0.15) is 59.7 Å². The zero-order valence-corrected chi connectivity index (χ0v) is 19.1. The van der Waals surface area contributed by atoms with Gasteiger partial charge in [0.2, 0.25) is 0 Å². The molecule has 1 aliphatic heterocycles. The molecule has 4 aromatic rings. The van der Waals surface area contributed by atoms with E-state index in [-0.39, 0.29) is 17.4 Å². The average Bonchev–Trinajstić information content (AvgIpc) is 3.52. The van der Waals surface area contributed by atoms with Crippen LogP contribution in [0.15, 0.2) is 65.4 Å². The Kier molecular flexibility index (Phi) is 5.13. The van der Waals surface area contributed by atoms with Crippen LogP contribution in [0.2, 0.25) is 0 Å². The summed E-state index contributed by atoms with van der Waals surface area (Å²) in [5.74, 6) is -0.0978. The highest BCUT2D eigenvalue weighted by atomic mass is 16.5. The Bertz CT molecular complexity index is 1280. The van der Waals surface area contributed by atoms with Gasteiger partial charge in [0.15, 0.2) is 0 Å². The lowest BCUT2D eigenvalue weighted by molar-refractivity contribution is 0.0988. The topological polar surface area (TPSA) is 84.2 Å². The molecular formula is C26H26N4O3. The summed E-state index contributed by atoms with van der Waals surface area (Å²) in [4.78, 5) is 15.5. The molecule has 0 bridgehead atoms. The molecule has 1 atom stereocenters. The molecule has 7 nitrogen and oxygen atoms in total. The summed E-state index contributed by atoms with van der Waals surface area (Å²) >= 11 is 0. The fraction of sp³-hybridized carbons (Fsp3) is 0.269. The van der Waals surface area contributed by atoms with Gasteiger partial charge in [-0.05, 0) is 23.3 Å². The number of hydrogen-bond donors (Lipinski definition) is 1. The van der Waals surface area contributed by atoms with Crippen molar-refractivity contribution in [3.63, 3.8) is 0 Å². The van der Waals surface area contributed by atoms with Crippen molar-refractivity contribution in [3.05, 3.63) is 88.9 Å². The normalized spacial score (nSPS) is 15.8. The number of carbonyl (C=O) groups is 1. The third kappa shape index (κ3) is 3.54. The third-order valence-electron chi connectivity index (χ3n) is 6.01. The minimum Gasteiger partial charge on any atom is -0.380 e. The molecule has 1 amide bonds. The molecule has 168 valence electrons. The van der Waals surface area contributed by atoms with Crippen molar-refractivity contribution in [1.82, 2.24) is 15.4 Å². The summed E-state index contributed by atoms with van der Waals surface area (Å²) in [6, 6.07) is 17.4. The molecule has 1 unspecified atom stereocenters. The molecule has 1 N–H and O–H groups in total. The Hall–Kier alpha value is -3.71. The molecular weight excluding hydrogens is 416 g/mol. The molecule has 0 fully saturated rings. The molecule has 0 saturated heterocycles. The summed E-state index contributed by atoms with van der Waals surface area (Å²) in [6.45, 7) is 6.79. The van der Waals surface area contributed by atoms with Crippen molar-refractivity contribution in [3.8, 4) is 11.3 Å². The third-order valence-corrected chi connectivity index (χ3v) is 6.01. The molecule has 0 aliphatic carbocycles. The highest BCUT2D eigenvalue weighted by molar-refractivity contribution is 6.10.